The highest BCUT2D eigenvalue weighted by atomic mass is 32.2. The van der Waals surface area contributed by atoms with E-state index in [1.54, 1.807) is 61.9 Å². The van der Waals surface area contributed by atoms with Gasteiger partial charge >= 0.3 is 0 Å². The van der Waals surface area contributed by atoms with E-state index in [1.807, 2.05) is 0 Å². The summed E-state index contributed by atoms with van der Waals surface area (Å²) >= 11 is 0. The Morgan fingerprint density at radius 2 is 1.70 bits per heavy atom. The predicted octanol–water partition coefficient (Wildman–Crippen LogP) is 2.64. The lowest BCUT2D eigenvalue weighted by Gasteiger charge is -2.28. The maximum Gasteiger partial charge on any atom is 0.268 e. The van der Waals surface area contributed by atoms with Crippen LogP contribution in [-0.4, -0.2) is 55.7 Å². The zero-order valence-electron chi connectivity index (χ0n) is 18.1. The minimum Gasteiger partial charge on any atom is -0.497 e. The first kappa shape index (κ1) is 22.1. The van der Waals surface area contributed by atoms with E-state index in [1.165, 1.54) is 4.31 Å². The minimum atomic E-state index is -4.00. The van der Waals surface area contributed by atoms with Crippen LogP contribution in [0.25, 0.3) is 0 Å². The molecule has 0 radical (unpaired) electrons. The van der Waals surface area contributed by atoms with Crippen LogP contribution < -0.4 is 9.04 Å². The third kappa shape index (κ3) is 4.45. The van der Waals surface area contributed by atoms with Gasteiger partial charge in [0.2, 0.25) is 5.91 Å². The van der Waals surface area contributed by atoms with E-state index in [2.05, 4.69) is 5.10 Å². The van der Waals surface area contributed by atoms with E-state index in [0.29, 0.717) is 35.9 Å². The van der Waals surface area contributed by atoms with Gasteiger partial charge in [-0.3, -0.25) is 13.8 Å². The van der Waals surface area contributed by atoms with Crippen molar-refractivity contribution < 1.29 is 17.9 Å². The van der Waals surface area contributed by atoms with Gasteiger partial charge in [0.1, 0.15) is 17.2 Å². The number of likely N-dealkylation sites (tertiary alicyclic amines) is 1. The zero-order chi connectivity index (χ0) is 21.9. The molecule has 8 nitrogen and oxygen atoms in total. The SMILES string of the molecule is COc1ccc(N(CC(=O)N2CCCCCC2)S(=O)(=O)c2c(C)nn(C)c2C)cc1. The molecule has 2 aromatic rings. The Balaban J connectivity index is 2.01. The Bertz CT molecular complexity index is 991. The summed E-state index contributed by atoms with van der Waals surface area (Å²) in [6.07, 6.45) is 4.08. The molecule has 1 amide bonds. The smallest absolute Gasteiger partial charge is 0.268 e. The van der Waals surface area contributed by atoms with Gasteiger partial charge in [0.25, 0.3) is 10.0 Å². The van der Waals surface area contributed by atoms with Crippen LogP contribution in [-0.2, 0) is 21.9 Å². The van der Waals surface area contributed by atoms with Crippen LogP contribution in [0.5, 0.6) is 5.75 Å². The molecule has 0 bridgehead atoms. The number of sulfonamides is 1. The van der Waals surface area contributed by atoms with Crippen molar-refractivity contribution in [3.63, 3.8) is 0 Å². The van der Waals surface area contributed by atoms with Crippen molar-refractivity contribution in [2.45, 2.75) is 44.4 Å². The van der Waals surface area contributed by atoms with Gasteiger partial charge in [-0.15, -0.1) is 0 Å². The number of aromatic nitrogens is 2. The van der Waals surface area contributed by atoms with Crippen molar-refractivity contribution in [2.24, 2.45) is 7.05 Å². The van der Waals surface area contributed by atoms with Crippen molar-refractivity contribution in [3.8, 4) is 5.75 Å². The second-order valence-electron chi connectivity index (χ2n) is 7.63. The second-order valence-corrected chi connectivity index (χ2v) is 9.43. The lowest BCUT2D eigenvalue weighted by Crippen LogP contribution is -2.43. The van der Waals surface area contributed by atoms with E-state index in [4.69, 9.17) is 4.74 Å². The summed E-state index contributed by atoms with van der Waals surface area (Å²) in [6, 6.07) is 6.70. The molecule has 1 aliphatic heterocycles. The fourth-order valence-corrected chi connectivity index (χ4v) is 5.66. The van der Waals surface area contributed by atoms with Gasteiger partial charge in [-0.05, 0) is 51.0 Å². The number of aryl methyl sites for hydroxylation is 2. The van der Waals surface area contributed by atoms with Crippen LogP contribution >= 0.6 is 0 Å². The van der Waals surface area contributed by atoms with Gasteiger partial charge in [0.15, 0.2) is 0 Å². The number of rotatable bonds is 6. The van der Waals surface area contributed by atoms with Gasteiger partial charge in [0.05, 0.1) is 24.2 Å². The summed E-state index contributed by atoms with van der Waals surface area (Å²) < 4.78 is 35.3. The average Bonchev–Trinajstić information content (AvgIpc) is 2.91. The Hall–Kier alpha value is -2.55. The van der Waals surface area contributed by atoms with Gasteiger partial charge in [-0.2, -0.15) is 5.10 Å². The summed E-state index contributed by atoms with van der Waals surface area (Å²) in [4.78, 5) is 15.0. The molecular formula is C21H30N4O4S. The molecule has 0 spiro atoms. The van der Waals surface area contributed by atoms with Gasteiger partial charge < -0.3 is 9.64 Å². The van der Waals surface area contributed by atoms with E-state index in [-0.39, 0.29) is 17.3 Å². The molecule has 0 saturated carbocycles. The minimum absolute atomic E-state index is 0.143. The molecule has 0 N–H and O–H groups in total. The summed E-state index contributed by atoms with van der Waals surface area (Å²) in [5.74, 6) is 0.430. The van der Waals surface area contributed by atoms with Crippen LogP contribution in [0.1, 0.15) is 37.1 Å². The normalized spacial score (nSPS) is 15.0. The fraction of sp³-hybridized carbons (Fsp3) is 0.524. The molecule has 0 aliphatic carbocycles. The Morgan fingerprint density at radius 3 is 2.20 bits per heavy atom. The number of hydrogen-bond acceptors (Lipinski definition) is 5. The largest absolute Gasteiger partial charge is 0.497 e. The van der Waals surface area contributed by atoms with Crippen LogP contribution in [0.15, 0.2) is 29.2 Å². The third-order valence-corrected chi connectivity index (χ3v) is 7.62. The molecule has 1 aliphatic rings. The number of nitrogens with zero attached hydrogens (tertiary/aromatic N) is 4. The van der Waals surface area contributed by atoms with Crippen molar-refractivity contribution in [3.05, 3.63) is 35.7 Å². The molecule has 30 heavy (non-hydrogen) atoms. The topological polar surface area (TPSA) is 84.7 Å². The summed E-state index contributed by atoms with van der Waals surface area (Å²) in [6.45, 7) is 4.47. The summed E-state index contributed by atoms with van der Waals surface area (Å²) in [7, 11) is -0.735. The standard InChI is InChI=1S/C21H30N4O4S/c1-16-21(17(2)23(3)22-16)30(27,28)25(18-9-11-19(29-4)12-10-18)15-20(26)24-13-7-5-6-8-14-24/h9-12H,5-8,13-15H2,1-4H3. The highest BCUT2D eigenvalue weighted by molar-refractivity contribution is 7.93. The first-order valence-electron chi connectivity index (χ1n) is 10.2. The van der Waals surface area contributed by atoms with Gasteiger partial charge in [0, 0.05) is 20.1 Å². The van der Waals surface area contributed by atoms with E-state index >= 15 is 0 Å². The highest BCUT2D eigenvalue weighted by Crippen LogP contribution is 2.29. The quantitative estimate of drug-likeness (QED) is 0.698. The van der Waals surface area contributed by atoms with Crippen molar-refractivity contribution in [2.75, 3.05) is 31.0 Å². The average molecular weight is 435 g/mol. The molecule has 9 heteroatoms. The lowest BCUT2D eigenvalue weighted by molar-refractivity contribution is -0.129. The molecule has 0 unspecified atom stereocenters. The lowest BCUT2D eigenvalue weighted by atomic mass is 10.2. The van der Waals surface area contributed by atoms with Crippen molar-refractivity contribution in [1.29, 1.82) is 0 Å². The maximum absolute atomic E-state index is 13.7. The Kier molecular flexibility index (Phi) is 6.70. The molecule has 2 heterocycles. The molecule has 0 atom stereocenters. The van der Waals surface area contributed by atoms with E-state index in [9.17, 15) is 13.2 Å². The number of anilines is 1. The predicted molar refractivity (Wildman–Crippen MR) is 115 cm³/mol. The van der Waals surface area contributed by atoms with E-state index < -0.39 is 10.0 Å². The monoisotopic (exact) mass is 434 g/mol. The molecule has 1 saturated heterocycles. The summed E-state index contributed by atoms with van der Waals surface area (Å²) in [5.41, 5.74) is 1.37. The molecule has 1 aromatic heterocycles. The highest BCUT2D eigenvalue weighted by Gasteiger charge is 2.33. The Labute approximate surface area is 178 Å². The first-order chi connectivity index (χ1) is 14.3. The second kappa shape index (κ2) is 9.07. The summed E-state index contributed by atoms with van der Waals surface area (Å²) in [5, 5.41) is 4.26. The molecule has 3 rings (SSSR count). The molecule has 164 valence electrons. The number of carbonyl (C=O) groups excluding carboxylic acids is 1. The number of hydrogen-bond donors (Lipinski definition) is 0. The zero-order valence-corrected chi connectivity index (χ0v) is 18.9. The Morgan fingerprint density at radius 1 is 1.10 bits per heavy atom. The number of carbonyl (C=O) groups is 1. The maximum atomic E-state index is 13.7. The molecule has 1 fully saturated rings. The van der Waals surface area contributed by atoms with Crippen molar-refractivity contribution >= 4 is 21.6 Å². The van der Waals surface area contributed by atoms with Crippen molar-refractivity contribution in [1.82, 2.24) is 14.7 Å². The van der Waals surface area contributed by atoms with Crippen LogP contribution in [0.3, 0.4) is 0 Å². The molecular weight excluding hydrogens is 404 g/mol. The van der Waals surface area contributed by atoms with Crippen LogP contribution in [0, 0.1) is 13.8 Å². The number of amides is 1. The van der Waals surface area contributed by atoms with Crippen LogP contribution in [0.4, 0.5) is 5.69 Å². The van der Waals surface area contributed by atoms with Gasteiger partial charge in [-0.25, -0.2) is 8.42 Å². The third-order valence-electron chi connectivity index (χ3n) is 5.59. The number of methoxy groups -OCH3 is 1. The molecule has 1 aromatic carbocycles. The number of ether oxygens (including phenoxy) is 1. The van der Waals surface area contributed by atoms with Gasteiger partial charge in [-0.1, -0.05) is 12.8 Å². The van der Waals surface area contributed by atoms with Crippen LogP contribution in [0.2, 0.25) is 0 Å². The van der Waals surface area contributed by atoms with E-state index in [0.717, 1.165) is 25.7 Å². The number of benzene rings is 1. The fourth-order valence-electron chi connectivity index (χ4n) is 3.84. The first-order valence-corrected chi connectivity index (χ1v) is 11.6.